The van der Waals surface area contributed by atoms with E-state index < -0.39 is 5.82 Å². The second kappa shape index (κ2) is 9.62. The number of thiazole rings is 1. The van der Waals surface area contributed by atoms with Gasteiger partial charge in [0, 0.05) is 42.8 Å². The van der Waals surface area contributed by atoms with Gasteiger partial charge in [-0.15, -0.1) is 16.4 Å². The first-order valence-corrected chi connectivity index (χ1v) is 11.9. The van der Waals surface area contributed by atoms with Crippen molar-refractivity contribution in [3.05, 3.63) is 70.4 Å². The van der Waals surface area contributed by atoms with Crippen LogP contribution in [-0.4, -0.2) is 43.0 Å². The lowest BCUT2D eigenvalue weighted by Crippen LogP contribution is -2.34. The maximum Gasteiger partial charge on any atom is 0.225 e. The Morgan fingerprint density at radius 1 is 1.18 bits per heavy atom. The Morgan fingerprint density at radius 3 is 2.70 bits per heavy atom. The molecule has 0 unspecified atom stereocenters. The van der Waals surface area contributed by atoms with Crippen molar-refractivity contribution < 1.29 is 9.13 Å². The molecule has 0 N–H and O–H groups in total. The molecule has 10 heteroatoms. The Morgan fingerprint density at radius 2 is 2.00 bits per heavy atom. The predicted octanol–water partition coefficient (Wildman–Crippen LogP) is 4.18. The topological polar surface area (TPSA) is 81.9 Å². The molecule has 0 bridgehead atoms. The molecule has 1 saturated heterocycles. The zero-order valence-electron chi connectivity index (χ0n) is 18.3. The van der Waals surface area contributed by atoms with Crippen molar-refractivity contribution in [3.63, 3.8) is 0 Å². The highest BCUT2D eigenvalue weighted by atomic mass is 32.1. The molecule has 0 saturated carbocycles. The van der Waals surface area contributed by atoms with E-state index in [-0.39, 0.29) is 12.4 Å². The van der Waals surface area contributed by atoms with Gasteiger partial charge < -0.3 is 9.64 Å². The highest BCUT2D eigenvalue weighted by molar-refractivity contribution is 7.09. The van der Waals surface area contributed by atoms with E-state index in [4.69, 9.17) is 9.72 Å². The molecule has 1 aromatic carbocycles. The van der Waals surface area contributed by atoms with Gasteiger partial charge in [0.25, 0.3) is 0 Å². The van der Waals surface area contributed by atoms with E-state index in [0.717, 1.165) is 54.6 Å². The number of aryl methyl sites for hydroxylation is 1. The summed E-state index contributed by atoms with van der Waals surface area (Å²) in [6.45, 7) is 4.15. The number of hydrogen-bond acceptors (Lipinski definition) is 8. The lowest BCUT2D eigenvalue weighted by molar-refractivity contribution is 0.286. The van der Waals surface area contributed by atoms with Crippen molar-refractivity contribution in [2.24, 2.45) is 0 Å². The van der Waals surface area contributed by atoms with Gasteiger partial charge in [0.2, 0.25) is 5.95 Å². The summed E-state index contributed by atoms with van der Waals surface area (Å²) in [6, 6.07) is 4.72. The quantitative estimate of drug-likeness (QED) is 0.405. The number of ether oxygens (including phenoxy) is 1. The normalized spacial score (nSPS) is 14.5. The maximum absolute atomic E-state index is 14.4. The van der Waals surface area contributed by atoms with Gasteiger partial charge in [-0.05, 0) is 37.0 Å². The van der Waals surface area contributed by atoms with Crippen LogP contribution in [0.2, 0.25) is 0 Å². The summed E-state index contributed by atoms with van der Waals surface area (Å²) >= 11 is 1.64. The van der Waals surface area contributed by atoms with Gasteiger partial charge in [-0.3, -0.25) is 0 Å². The third-order valence-electron chi connectivity index (χ3n) is 5.77. The summed E-state index contributed by atoms with van der Waals surface area (Å²) in [5.74, 6) is 0.959. The Balaban J connectivity index is 1.16. The van der Waals surface area contributed by atoms with Crippen molar-refractivity contribution in [3.8, 4) is 11.4 Å². The van der Waals surface area contributed by atoms with E-state index in [1.54, 1.807) is 35.9 Å². The van der Waals surface area contributed by atoms with Gasteiger partial charge in [-0.2, -0.15) is 0 Å². The third kappa shape index (κ3) is 4.85. The van der Waals surface area contributed by atoms with Gasteiger partial charge in [0.1, 0.15) is 6.61 Å². The van der Waals surface area contributed by atoms with Crippen LogP contribution in [0.4, 0.5) is 10.3 Å². The van der Waals surface area contributed by atoms with Crippen LogP contribution in [0.25, 0.3) is 5.69 Å². The number of halogens is 1. The van der Waals surface area contributed by atoms with Gasteiger partial charge in [0.05, 0.1) is 28.8 Å². The fourth-order valence-corrected chi connectivity index (χ4v) is 4.82. The lowest BCUT2D eigenvalue weighted by Gasteiger charge is -2.31. The molecule has 1 fully saturated rings. The van der Waals surface area contributed by atoms with Crippen molar-refractivity contribution in [1.82, 2.24) is 29.9 Å². The molecule has 8 nitrogen and oxygen atoms in total. The highest BCUT2D eigenvalue weighted by Crippen LogP contribution is 2.32. The number of hydrogen-bond donors (Lipinski definition) is 0. The van der Waals surface area contributed by atoms with Gasteiger partial charge in [0.15, 0.2) is 11.6 Å². The molecule has 170 valence electrons. The molecule has 4 aromatic rings. The second-order valence-electron chi connectivity index (χ2n) is 7.93. The molecule has 0 aliphatic carbocycles. The van der Waals surface area contributed by atoms with Crippen LogP contribution in [0.3, 0.4) is 0 Å². The molecule has 1 aliphatic rings. The van der Waals surface area contributed by atoms with Crippen molar-refractivity contribution in [2.75, 3.05) is 18.0 Å². The molecule has 0 atom stereocenters. The summed E-state index contributed by atoms with van der Waals surface area (Å²) in [4.78, 5) is 16.0. The maximum atomic E-state index is 14.4. The SMILES string of the molecule is CCc1cnc(N2CCC(c3nc(COc4ccc(-n5ccnn5)cc4F)cs3)CC2)nc1. The minimum Gasteiger partial charge on any atom is -0.484 e. The van der Waals surface area contributed by atoms with Crippen molar-refractivity contribution >= 4 is 17.3 Å². The highest BCUT2D eigenvalue weighted by Gasteiger charge is 2.24. The van der Waals surface area contributed by atoms with Crippen LogP contribution in [-0.2, 0) is 13.0 Å². The fourth-order valence-electron chi connectivity index (χ4n) is 3.84. The minimum atomic E-state index is -0.444. The van der Waals surface area contributed by atoms with Crippen LogP contribution >= 0.6 is 11.3 Å². The van der Waals surface area contributed by atoms with E-state index in [0.29, 0.717) is 11.6 Å². The zero-order valence-corrected chi connectivity index (χ0v) is 19.1. The Labute approximate surface area is 195 Å². The number of rotatable bonds is 7. The van der Waals surface area contributed by atoms with Crippen LogP contribution in [0, 0.1) is 5.82 Å². The molecule has 3 aromatic heterocycles. The molecular formula is C23H24FN7OS. The van der Waals surface area contributed by atoms with E-state index >= 15 is 0 Å². The molecule has 0 radical (unpaired) electrons. The molecule has 33 heavy (non-hydrogen) atoms. The van der Waals surface area contributed by atoms with Crippen LogP contribution in [0.5, 0.6) is 5.75 Å². The lowest BCUT2D eigenvalue weighted by atomic mass is 9.98. The summed E-state index contributed by atoms with van der Waals surface area (Å²) < 4.78 is 21.6. The number of aromatic nitrogens is 6. The number of anilines is 1. The fraction of sp³-hybridized carbons (Fsp3) is 0.348. The number of piperidine rings is 1. The first-order valence-electron chi connectivity index (χ1n) is 11.0. The van der Waals surface area contributed by atoms with Gasteiger partial charge >= 0.3 is 0 Å². The minimum absolute atomic E-state index is 0.191. The van der Waals surface area contributed by atoms with E-state index in [1.807, 2.05) is 17.8 Å². The van der Waals surface area contributed by atoms with Crippen LogP contribution in [0.1, 0.15) is 41.9 Å². The Hall–Kier alpha value is -3.40. The average molecular weight is 466 g/mol. The summed E-state index contributed by atoms with van der Waals surface area (Å²) in [5, 5.41) is 10.7. The monoisotopic (exact) mass is 465 g/mol. The van der Waals surface area contributed by atoms with E-state index in [1.165, 1.54) is 10.7 Å². The van der Waals surface area contributed by atoms with Crippen molar-refractivity contribution in [2.45, 2.75) is 38.7 Å². The molecule has 0 spiro atoms. The Kier molecular flexibility index (Phi) is 6.25. The zero-order chi connectivity index (χ0) is 22.6. The Bertz CT molecular complexity index is 1190. The first-order chi connectivity index (χ1) is 16.2. The van der Waals surface area contributed by atoms with Gasteiger partial charge in [-0.1, -0.05) is 12.1 Å². The first kappa shape index (κ1) is 21.4. The van der Waals surface area contributed by atoms with Crippen LogP contribution in [0.15, 0.2) is 48.4 Å². The molecular weight excluding hydrogens is 441 g/mol. The van der Waals surface area contributed by atoms with E-state index in [2.05, 4.69) is 32.1 Å². The second-order valence-corrected chi connectivity index (χ2v) is 8.82. The summed E-state index contributed by atoms with van der Waals surface area (Å²) in [7, 11) is 0. The predicted molar refractivity (Wildman–Crippen MR) is 123 cm³/mol. The average Bonchev–Trinajstić information content (AvgIpc) is 3.56. The number of benzene rings is 1. The third-order valence-corrected chi connectivity index (χ3v) is 6.83. The standard InChI is InChI=1S/C23H24FN7OS/c1-2-16-12-25-23(26-13-16)30-8-5-17(6-9-30)22-28-18(15-33-22)14-32-21-4-3-19(11-20(21)24)31-10-7-27-29-31/h3-4,7,10-13,15,17H,2,5-6,8-9,14H2,1H3. The molecule has 4 heterocycles. The summed E-state index contributed by atoms with van der Waals surface area (Å²) in [5.41, 5.74) is 2.55. The van der Waals surface area contributed by atoms with E-state index in [9.17, 15) is 4.39 Å². The molecule has 5 rings (SSSR count). The van der Waals surface area contributed by atoms with Gasteiger partial charge in [-0.25, -0.2) is 24.0 Å². The number of nitrogens with zero attached hydrogens (tertiary/aromatic N) is 7. The van der Waals surface area contributed by atoms with Crippen LogP contribution < -0.4 is 9.64 Å². The molecule has 1 aliphatic heterocycles. The smallest absolute Gasteiger partial charge is 0.225 e. The van der Waals surface area contributed by atoms with Crippen molar-refractivity contribution in [1.29, 1.82) is 0 Å². The molecule has 0 amide bonds. The largest absolute Gasteiger partial charge is 0.484 e. The summed E-state index contributed by atoms with van der Waals surface area (Å²) in [6.07, 6.45) is 9.98.